The van der Waals surface area contributed by atoms with Crippen LogP contribution in [0.25, 0.3) is 0 Å². The number of aliphatic hydroxyl groups excluding tert-OH is 1. The zero-order chi connectivity index (χ0) is 9.31. The fourth-order valence-electron chi connectivity index (χ4n) is 2.65. The molecule has 2 N–H and O–H groups in total. The third-order valence-electron chi connectivity index (χ3n) is 3.87. The summed E-state index contributed by atoms with van der Waals surface area (Å²) in [5, 5.41) is 20.2. The van der Waals surface area contributed by atoms with Crippen molar-refractivity contribution in [2.24, 2.45) is 5.92 Å². The van der Waals surface area contributed by atoms with Crippen LogP contribution in [0.1, 0.15) is 51.4 Å². The summed E-state index contributed by atoms with van der Waals surface area (Å²) >= 11 is 0. The Bertz CT molecular complexity index is 169. The zero-order valence-corrected chi connectivity index (χ0v) is 8.21. The lowest BCUT2D eigenvalue weighted by Crippen LogP contribution is -2.49. The van der Waals surface area contributed by atoms with E-state index >= 15 is 0 Å². The van der Waals surface area contributed by atoms with Crippen LogP contribution in [0.5, 0.6) is 0 Å². The van der Waals surface area contributed by atoms with Gasteiger partial charge in [-0.05, 0) is 31.6 Å². The summed E-state index contributed by atoms with van der Waals surface area (Å²) in [5.41, 5.74) is -0.733. The van der Waals surface area contributed by atoms with E-state index in [-0.39, 0.29) is 0 Å². The van der Waals surface area contributed by atoms with E-state index in [0.29, 0.717) is 5.92 Å². The van der Waals surface area contributed by atoms with Gasteiger partial charge in [-0.2, -0.15) is 0 Å². The first-order valence-electron chi connectivity index (χ1n) is 5.63. The highest BCUT2D eigenvalue weighted by Gasteiger charge is 2.42. The van der Waals surface area contributed by atoms with E-state index in [0.717, 1.165) is 38.5 Å². The standard InChI is InChI=1S/C11H20O2/c12-10(9-5-4-6-9)11(13)7-2-1-3-8-11/h9-10,12-13H,1-8H2. The van der Waals surface area contributed by atoms with Crippen LogP contribution in [0.2, 0.25) is 0 Å². The maximum absolute atomic E-state index is 10.2. The fourth-order valence-corrected chi connectivity index (χ4v) is 2.65. The molecule has 0 bridgehead atoms. The lowest BCUT2D eigenvalue weighted by Gasteiger charge is -2.43. The molecule has 13 heavy (non-hydrogen) atoms. The van der Waals surface area contributed by atoms with Gasteiger partial charge in [0.05, 0.1) is 11.7 Å². The molecule has 0 aromatic carbocycles. The monoisotopic (exact) mass is 184 g/mol. The lowest BCUT2D eigenvalue weighted by atomic mass is 9.70. The molecule has 2 heteroatoms. The van der Waals surface area contributed by atoms with E-state index < -0.39 is 11.7 Å². The van der Waals surface area contributed by atoms with Crippen molar-refractivity contribution >= 4 is 0 Å². The Balaban J connectivity index is 1.94. The molecule has 0 aromatic rings. The van der Waals surface area contributed by atoms with E-state index in [9.17, 15) is 10.2 Å². The van der Waals surface area contributed by atoms with Crippen molar-refractivity contribution in [1.82, 2.24) is 0 Å². The van der Waals surface area contributed by atoms with Crippen molar-refractivity contribution < 1.29 is 10.2 Å². The summed E-state index contributed by atoms with van der Waals surface area (Å²) in [6.45, 7) is 0. The Morgan fingerprint density at radius 3 is 2.08 bits per heavy atom. The van der Waals surface area contributed by atoms with Crippen molar-refractivity contribution in [2.45, 2.75) is 63.1 Å². The maximum Gasteiger partial charge on any atom is 0.0908 e. The Morgan fingerprint density at radius 1 is 1.00 bits per heavy atom. The Morgan fingerprint density at radius 2 is 1.62 bits per heavy atom. The van der Waals surface area contributed by atoms with Crippen LogP contribution < -0.4 is 0 Å². The van der Waals surface area contributed by atoms with Gasteiger partial charge in [0.25, 0.3) is 0 Å². The first-order chi connectivity index (χ1) is 6.22. The minimum atomic E-state index is -0.733. The molecule has 2 aliphatic carbocycles. The van der Waals surface area contributed by atoms with E-state index in [1.807, 2.05) is 0 Å². The van der Waals surface area contributed by atoms with Gasteiger partial charge >= 0.3 is 0 Å². The van der Waals surface area contributed by atoms with Crippen LogP contribution in [0.15, 0.2) is 0 Å². The molecular formula is C11H20O2. The second-order valence-corrected chi connectivity index (χ2v) is 4.80. The molecule has 0 spiro atoms. The Kier molecular flexibility index (Phi) is 2.61. The smallest absolute Gasteiger partial charge is 0.0908 e. The van der Waals surface area contributed by atoms with E-state index in [1.54, 1.807) is 0 Å². The Hall–Kier alpha value is -0.0800. The number of rotatable bonds is 2. The van der Waals surface area contributed by atoms with Crippen molar-refractivity contribution in [1.29, 1.82) is 0 Å². The van der Waals surface area contributed by atoms with Gasteiger partial charge in [0.2, 0.25) is 0 Å². The van der Waals surface area contributed by atoms with Gasteiger partial charge in [-0.3, -0.25) is 0 Å². The van der Waals surface area contributed by atoms with Crippen LogP contribution >= 0.6 is 0 Å². The van der Waals surface area contributed by atoms with Gasteiger partial charge in [-0.25, -0.2) is 0 Å². The molecule has 0 saturated heterocycles. The van der Waals surface area contributed by atoms with Crippen molar-refractivity contribution in [3.63, 3.8) is 0 Å². The quantitative estimate of drug-likeness (QED) is 0.687. The number of hydrogen-bond donors (Lipinski definition) is 2. The first kappa shape index (κ1) is 9.47. The normalized spacial score (nSPS) is 30.9. The minimum absolute atomic E-state index is 0.392. The summed E-state index contributed by atoms with van der Waals surface area (Å²) in [6, 6.07) is 0. The third-order valence-corrected chi connectivity index (χ3v) is 3.87. The van der Waals surface area contributed by atoms with Crippen molar-refractivity contribution in [3.8, 4) is 0 Å². The predicted molar refractivity (Wildman–Crippen MR) is 51.4 cm³/mol. The molecule has 1 atom stereocenters. The SMILES string of the molecule is OC(C1CCC1)C1(O)CCCCC1. The van der Waals surface area contributed by atoms with Crippen molar-refractivity contribution in [2.75, 3.05) is 0 Å². The summed E-state index contributed by atoms with van der Waals surface area (Å²) in [6.07, 6.45) is 8.03. The third kappa shape index (κ3) is 1.75. The molecule has 1 unspecified atom stereocenters. The number of hydrogen-bond acceptors (Lipinski definition) is 2. The lowest BCUT2D eigenvalue weighted by molar-refractivity contribution is -0.132. The van der Waals surface area contributed by atoms with Crippen LogP contribution in [-0.4, -0.2) is 21.9 Å². The van der Waals surface area contributed by atoms with Crippen LogP contribution in [0.4, 0.5) is 0 Å². The maximum atomic E-state index is 10.2. The fraction of sp³-hybridized carbons (Fsp3) is 1.00. The van der Waals surface area contributed by atoms with Crippen LogP contribution in [0, 0.1) is 5.92 Å². The predicted octanol–water partition coefficient (Wildman–Crippen LogP) is 1.84. The van der Waals surface area contributed by atoms with Gasteiger partial charge in [0.15, 0.2) is 0 Å². The molecule has 2 saturated carbocycles. The van der Waals surface area contributed by atoms with Gasteiger partial charge in [-0.15, -0.1) is 0 Å². The summed E-state index contributed by atoms with van der Waals surface area (Å²) in [4.78, 5) is 0. The topological polar surface area (TPSA) is 40.5 Å². The molecule has 0 amide bonds. The highest BCUT2D eigenvalue weighted by atomic mass is 16.3. The molecule has 76 valence electrons. The van der Waals surface area contributed by atoms with Crippen LogP contribution in [-0.2, 0) is 0 Å². The van der Waals surface area contributed by atoms with Gasteiger partial charge in [0, 0.05) is 0 Å². The Labute approximate surface area is 80.0 Å². The van der Waals surface area contributed by atoms with Gasteiger partial charge < -0.3 is 10.2 Å². The molecule has 2 aliphatic rings. The highest BCUT2D eigenvalue weighted by molar-refractivity contribution is 4.94. The molecular weight excluding hydrogens is 164 g/mol. The van der Waals surface area contributed by atoms with E-state index in [1.165, 1.54) is 12.8 Å². The number of aliphatic hydroxyl groups is 2. The molecule has 0 aliphatic heterocycles. The second-order valence-electron chi connectivity index (χ2n) is 4.80. The van der Waals surface area contributed by atoms with E-state index in [4.69, 9.17) is 0 Å². The molecule has 0 heterocycles. The summed E-state index contributed by atoms with van der Waals surface area (Å²) in [5.74, 6) is 0.392. The largest absolute Gasteiger partial charge is 0.390 e. The first-order valence-corrected chi connectivity index (χ1v) is 5.63. The van der Waals surface area contributed by atoms with Crippen LogP contribution in [0.3, 0.4) is 0 Å². The average Bonchev–Trinajstić information content (AvgIpc) is 2.02. The average molecular weight is 184 g/mol. The molecule has 2 nitrogen and oxygen atoms in total. The minimum Gasteiger partial charge on any atom is -0.390 e. The summed E-state index contributed by atoms with van der Waals surface area (Å²) in [7, 11) is 0. The van der Waals surface area contributed by atoms with Crippen molar-refractivity contribution in [3.05, 3.63) is 0 Å². The molecule has 0 radical (unpaired) electrons. The van der Waals surface area contributed by atoms with Gasteiger partial charge in [-0.1, -0.05) is 25.7 Å². The molecule has 2 rings (SSSR count). The summed E-state index contributed by atoms with van der Waals surface area (Å²) < 4.78 is 0. The van der Waals surface area contributed by atoms with E-state index in [2.05, 4.69) is 0 Å². The molecule has 0 aromatic heterocycles. The highest BCUT2D eigenvalue weighted by Crippen LogP contribution is 2.40. The molecule has 2 fully saturated rings. The van der Waals surface area contributed by atoms with Gasteiger partial charge in [0.1, 0.15) is 0 Å². The second kappa shape index (κ2) is 3.58. The zero-order valence-electron chi connectivity index (χ0n) is 8.21.